The summed E-state index contributed by atoms with van der Waals surface area (Å²) in [6.45, 7) is 0. The van der Waals surface area contributed by atoms with Crippen LogP contribution in [-0.2, 0) is 4.74 Å². The summed E-state index contributed by atoms with van der Waals surface area (Å²) < 4.78 is 5.23. The summed E-state index contributed by atoms with van der Waals surface area (Å²) in [7, 11) is 3.32. The zero-order valence-corrected chi connectivity index (χ0v) is 11.3. The van der Waals surface area contributed by atoms with E-state index < -0.39 is 0 Å². The van der Waals surface area contributed by atoms with Crippen LogP contribution >= 0.6 is 11.6 Å². The molecular formula is C13H17ClN2O2. The molecule has 0 unspecified atom stereocenters. The second-order valence-corrected chi connectivity index (χ2v) is 4.85. The molecule has 0 bridgehead atoms. The lowest BCUT2D eigenvalue weighted by Gasteiger charge is -2.35. The lowest BCUT2D eigenvalue weighted by molar-refractivity contribution is 0.0328. The standard InChI is InChI=1S/C13H17ClN2O2/c1-15-13(17)11-7-8(3-4-12(11)14)16-9-5-10(6-9)18-2/h3-4,7,9-10,16H,5-6H2,1-2H3,(H,15,17). The normalized spacial score (nSPS) is 22.2. The van der Waals surface area contributed by atoms with Crippen LogP contribution in [0.15, 0.2) is 18.2 Å². The lowest BCUT2D eigenvalue weighted by Crippen LogP contribution is -2.40. The molecule has 0 aromatic heterocycles. The van der Waals surface area contributed by atoms with E-state index in [0.717, 1.165) is 18.5 Å². The zero-order chi connectivity index (χ0) is 13.1. The van der Waals surface area contributed by atoms with Crippen molar-refractivity contribution in [2.75, 3.05) is 19.5 Å². The maximum atomic E-state index is 11.6. The number of carbonyl (C=O) groups is 1. The topological polar surface area (TPSA) is 50.4 Å². The third-order valence-electron chi connectivity index (χ3n) is 3.24. The highest BCUT2D eigenvalue weighted by Gasteiger charge is 2.28. The predicted octanol–water partition coefficient (Wildman–Crippen LogP) is 2.29. The van der Waals surface area contributed by atoms with Gasteiger partial charge < -0.3 is 15.4 Å². The molecule has 1 aromatic carbocycles. The van der Waals surface area contributed by atoms with E-state index in [1.165, 1.54) is 0 Å². The first-order valence-electron chi connectivity index (χ1n) is 5.95. The van der Waals surface area contributed by atoms with E-state index in [1.54, 1.807) is 26.3 Å². The Labute approximate surface area is 112 Å². The van der Waals surface area contributed by atoms with E-state index in [-0.39, 0.29) is 5.91 Å². The molecule has 2 rings (SSSR count). The largest absolute Gasteiger partial charge is 0.382 e. The minimum atomic E-state index is -0.174. The number of hydrogen-bond donors (Lipinski definition) is 2. The van der Waals surface area contributed by atoms with Crippen molar-refractivity contribution in [3.8, 4) is 0 Å². The van der Waals surface area contributed by atoms with Gasteiger partial charge in [0.2, 0.25) is 0 Å². The van der Waals surface area contributed by atoms with Gasteiger partial charge in [-0.2, -0.15) is 0 Å². The van der Waals surface area contributed by atoms with Gasteiger partial charge in [-0.15, -0.1) is 0 Å². The van der Waals surface area contributed by atoms with Crippen molar-refractivity contribution < 1.29 is 9.53 Å². The smallest absolute Gasteiger partial charge is 0.252 e. The molecule has 0 heterocycles. The number of rotatable bonds is 4. The highest BCUT2D eigenvalue weighted by Crippen LogP contribution is 2.28. The fourth-order valence-electron chi connectivity index (χ4n) is 2.04. The number of ether oxygens (including phenoxy) is 1. The molecule has 1 aliphatic rings. The summed E-state index contributed by atoms with van der Waals surface area (Å²) in [6, 6.07) is 5.81. The molecule has 0 atom stereocenters. The number of hydrogen-bond acceptors (Lipinski definition) is 3. The molecule has 0 spiro atoms. The Morgan fingerprint density at radius 2 is 2.17 bits per heavy atom. The van der Waals surface area contributed by atoms with Crippen LogP contribution in [0, 0.1) is 0 Å². The van der Waals surface area contributed by atoms with Gasteiger partial charge in [0.05, 0.1) is 16.7 Å². The molecule has 18 heavy (non-hydrogen) atoms. The number of halogens is 1. The van der Waals surface area contributed by atoms with Gasteiger partial charge >= 0.3 is 0 Å². The van der Waals surface area contributed by atoms with Gasteiger partial charge in [0.1, 0.15) is 0 Å². The van der Waals surface area contributed by atoms with Gasteiger partial charge in [0.25, 0.3) is 5.91 Å². The van der Waals surface area contributed by atoms with Crippen LogP contribution in [0.2, 0.25) is 5.02 Å². The van der Waals surface area contributed by atoms with Crippen molar-refractivity contribution in [2.24, 2.45) is 0 Å². The molecule has 1 fully saturated rings. The molecule has 0 aliphatic heterocycles. The van der Waals surface area contributed by atoms with Gasteiger partial charge in [0, 0.05) is 25.9 Å². The Bertz CT molecular complexity index is 445. The fourth-order valence-corrected chi connectivity index (χ4v) is 2.24. The van der Waals surface area contributed by atoms with Crippen LogP contribution in [0.4, 0.5) is 5.69 Å². The molecule has 5 heteroatoms. The Morgan fingerprint density at radius 3 is 2.78 bits per heavy atom. The molecule has 1 amide bonds. The van der Waals surface area contributed by atoms with Crippen LogP contribution in [0.1, 0.15) is 23.2 Å². The van der Waals surface area contributed by atoms with Crippen LogP contribution in [0.3, 0.4) is 0 Å². The summed E-state index contributed by atoms with van der Waals surface area (Å²) in [5.74, 6) is -0.174. The van der Waals surface area contributed by atoms with Gasteiger partial charge in [0.15, 0.2) is 0 Å². The highest BCUT2D eigenvalue weighted by molar-refractivity contribution is 6.34. The van der Waals surface area contributed by atoms with Crippen LogP contribution in [0.25, 0.3) is 0 Å². The van der Waals surface area contributed by atoms with Crippen LogP contribution in [0.5, 0.6) is 0 Å². The van der Waals surface area contributed by atoms with Crippen molar-refractivity contribution in [1.82, 2.24) is 5.32 Å². The molecule has 0 radical (unpaired) electrons. The number of anilines is 1. The van der Waals surface area contributed by atoms with Gasteiger partial charge in [-0.05, 0) is 31.0 Å². The SMILES string of the molecule is CNC(=O)c1cc(NC2CC(OC)C2)ccc1Cl. The van der Waals surface area contributed by atoms with Crippen molar-refractivity contribution in [3.63, 3.8) is 0 Å². The number of amides is 1. The summed E-state index contributed by atoms with van der Waals surface area (Å²) in [5.41, 5.74) is 1.41. The Balaban J connectivity index is 2.04. The molecule has 1 saturated carbocycles. The molecule has 4 nitrogen and oxygen atoms in total. The summed E-state index contributed by atoms with van der Waals surface area (Å²) >= 11 is 5.99. The second kappa shape index (κ2) is 5.59. The minimum absolute atomic E-state index is 0.174. The Morgan fingerprint density at radius 1 is 1.44 bits per heavy atom. The third-order valence-corrected chi connectivity index (χ3v) is 3.57. The van der Waals surface area contributed by atoms with Crippen molar-refractivity contribution in [2.45, 2.75) is 25.0 Å². The molecule has 1 aromatic rings. The van der Waals surface area contributed by atoms with E-state index in [2.05, 4.69) is 10.6 Å². The average molecular weight is 269 g/mol. The first kappa shape index (κ1) is 13.2. The van der Waals surface area contributed by atoms with Gasteiger partial charge in [-0.3, -0.25) is 4.79 Å². The number of benzene rings is 1. The number of methoxy groups -OCH3 is 1. The van der Waals surface area contributed by atoms with E-state index in [9.17, 15) is 4.79 Å². The third kappa shape index (κ3) is 2.76. The predicted molar refractivity (Wildman–Crippen MR) is 72.3 cm³/mol. The molecular weight excluding hydrogens is 252 g/mol. The second-order valence-electron chi connectivity index (χ2n) is 4.44. The zero-order valence-electron chi connectivity index (χ0n) is 10.5. The first-order valence-corrected chi connectivity index (χ1v) is 6.32. The first-order chi connectivity index (χ1) is 8.63. The summed E-state index contributed by atoms with van der Waals surface area (Å²) in [4.78, 5) is 11.6. The Kier molecular flexibility index (Phi) is 4.09. The van der Waals surface area contributed by atoms with Crippen molar-refractivity contribution >= 4 is 23.2 Å². The monoisotopic (exact) mass is 268 g/mol. The van der Waals surface area contributed by atoms with Crippen LogP contribution in [-0.4, -0.2) is 32.2 Å². The molecule has 0 saturated heterocycles. The van der Waals surface area contributed by atoms with Gasteiger partial charge in [-0.1, -0.05) is 11.6 Å². The fraction of sp³-hybridized carbons (Fsp3) is 0.462. The van der Waals surface area contributed by atoms with E-state index >= 15 is 0 Å². The van der Waals surface area contributed by atoms with Crippen molar-refractivity contribution in [1.29, 1.82) is 0 Å². The van der Waals surface area contributed by atoms with Crippen LogP contribution < -0.4 is 10.6 Å². The maximum Gasteiger partial charge on any atom is 0.252 e. The van der Waals surface area contributed by atoms with E-state index in [4.69, 9.17) is 16.3 Å². The lowest BCUT2D eigenvalue weighted by atomic mass is 9.89. The summed E-state index contributed by atoms with van der Waals surface area (Å²) in [5, 5.41) is 6.41. The van der Waals surface area contributed by atoms with Crippen molar-refractivity contribution in [3.05, 3.63) is 28.8 Å². The molecule has 98 valence electrons. The average Bonchev–Trinajstić information content (AvgIpc) is 2.34. The number of carbonyl (C=O) groups excluding carboxylic acids is 1. The van der Waals surface area contributed by atoms with E-state index in [1.807, 2.05) is 6.07 Å². The molecule has 1 aliphatic carbocycles. The quantitative estimate of drug-likeness (QED) is 0.881. The minimum Gasteiger partial charge on any atom is -0.382 e. The Hall–Kier alpha value is -1.26. The summed E-state index contributed by atoms with van der Waals surface area (Å²) in [6.07, 6.45) is 2.34. The number of nitrogens with one attached hydrogen (secondary N) is 2. The van der Waals surface area contributed by atoms with Gasteiger partial charge in [-0.25, -0.2) is 0 Å². The maximum absolute atomic E-state index is 11.6. The molecule has 2 N–H and O–H groups in total. The van der Waals surface area contributed by atoms with E-state index in [0.29, 0.717) is 22.7 Å². The highest BCUT2D eigenvalue weighted by atomic mass is 35.5.